The van der Waals surface area contributed by atoms with Gasteiger partial charge >= 0.3 is 0 Å². The summed E-state index contributed by atoms with van der Waals surface area (Å²) in [6.07, 6.45) is 0.874. The van der Waals surface area contributed by atoms with Crippen LogP contribution in [0.3, 0.4) is 0 Å². The molecule has 5 heteroatoms. The quantitative estimate of drug-likeness (QED) is 0.756. The number of rotatable bonds is 6. The molecule has 3 aromatic rings. The summed E-state index contributed by atoms with van der Waals surface area (Å²) < 4.78 is 7.12. The van der Waals surface area contributed by atoms with E-state index in [1.54, 1.807) is 7.11 Å². The van der Waals surface area contributed by atoms with Crippen LogP contribution in [0, 0.1) is 0 Å². The Kier molecular flexibility index (Phi) is 4.91. The zero-order valence-corrected chi connectivity index (χ0v) is 14.0. The van der Waals surface area contributed by atoms with Gasteiger partial charge in [-0.25, -0.2) is 4.98 Å². The molecule has 0 atom stereocenters. The van der Waals surface area contributed by atoms with E-state index in [1.165, 1.54) is 0 Å². The number of ether oxygens (including phenoxy) is 1. The van der Waals surface area contributed by atoms with Crippen LogP contribution in [0.2, 0.25) is 0 Å². The van der Waals surface area contributed by atoms with Crippen molar-refractivity contribution in [3.8, 4) is 0 Å². The van der Waals surface area contributed by atoms with Crippen LogP contribution in [0.5, 0.6) is 0 Å². The van der Waals surface area contributed by atoms with Gasteiger partial charge in [-0.2, -0.15) is 0 Å². The third-order valence-electron chi connectivity index (χ3n) is 3.98. The number of hydrogen-bond donors (Lipinski definition) is 1. The topological polar surface area (TPSA) is 56.2 Å². The molecular formula is C19H21N3O2. The van der Waals surface area contributed by atoms with E-state index in [2.05, 4.69) is 17.2 Å². The van der Waals surface area contributed by atoms with E-state index >= 15 is 0 Å². The summed E-state index contributed by atoms with van der Waals surface area (Å²) in [5.74, 6) is 0.675. The molecule has 24 heavy (non-hydrogen) atoms. The second-order valence-corrected chi connectivity index (χ2v) is 5.59. The third-order valence-corrected chi connectivity index (χ3v) is 3.98. The first-order valence-corrected chi connectivity index (χ1v) is 8.03. The Morgan fingerprint density at radius 1 is 1.17 bits per heavy atom. The highest BCUT2D eigenvalue weighted by atomic mass is 16.5. The Morgan fingerprint density at radius 3 is 2.71 bits per heavy atom. The molecule has 1 aromatic heterocycles. The number of hydrogen-bond acceptors (Lipinski definition) is 3. The lowest BCUT2D eigenvalue weighted by molar-refractivity contribution is -0.116. The van der Waals surface area contributed by atoms with Gasteiger partial charge in [-0.05, 0) is 30.2 Å². The van der Waals surface area contributed by atoms with Gasteiger partial charge in [-0.1, -0.05) is 37.3 Å². The molecule has 0 aliphatic heterocycles. The first-order chi connectivity index (χ1) is 11.7. The van der Waals surface area contributed by atoms with Crippen molar-refractivity contribution in [3.63, 3.8) is 0 Å². The van der Waals surface area contributed by atoms with Gasteiger partial charge in [-0.15, -0.1) is 0 Å². The van der Waals surface area contributed by atoms with E-state index in [9.17, 15) is 4.79 Å². The van der Waals surface area contributed by atoms with Crippen LogP contribution < -0.4 is 5.32 Å². The largest absolute Gasteiger partial charge is 0.377 e. The second-order valence-electron chi connectivity index (χ2n) is 5.59. The van der Waals surface area contributed by atoms with E-state index in [0.29, 0.717) is 6.61 Å². The fraction of sp³-hybridized carbons (Fsp3) is 0.263. The maximum atomic E-state index is 12.5. The molecule has 0 aliphatic carbocycles. The third kappa shape index (κ3) is 3.31. The van der Waals surface area contributed by atoms with Gasteiger partial charge in [0.05, 0.1) is 11.0 Å². The van der Waals surface area contributed by atoms with E-state index in [4.69, 9.17) is 4.74 Å². The predicted molar refractivity (Wildman–Crippen MR) is 94.9 cm³/mol. The van der Waals surface area contributed by atoms with Crippen molar-refractivity contribution in [2.24, 2.45) is 0 Å². The lowest BCUT2D eigenvalue weighted by atomic mass is 10.1. The van der Waals surface area contributed by atoms with Gasteiger partial charge < -0.3 is 14.6 Å². The minimum atomic E-state index is -0.0728. The van der Waals surface area contributed by atoms with Crippen LogP contribution in [0.15, 0.2) is 48.5 Å². The Bertz CT molecular complexity index is 855. The Hall–Kier alpha value is -2.66. The van der Waals surface area contributed by atoms with Crippen LogP contribution in [0.4, 0.5) is 5.69 Å². The van der Waals surface area contributed by atoms with Crippen LogP contribution in [0.1, 0.15) is 18.3 Å². The predicted octanol–water partition coefficient (Wildman–Crippen LogP) is 3.38. The summed E-state index contributed by atoms with van der Waals surface area (Å²) in [6, 6.07) is 15.7. The minimum Gasteiger partial charge on any atom is -0.377 e. The van der Waals surface area contributed by atoms with E-state index < -0.39 is 0 Å². The van der Waals surface area contributed by atoms with E-state index in [0.717, 1.165) is 34.5 Å². The summed E-state index contributed by atoms with van der Waals surface area (Å²) in [5.41, 5.74) is 3.79. The SMILES string of the molecule is CCc1ccccc1NC(=O)Cn1c(COC)nc2ccccc21. The molecule has 0 fully saturated rings. The highest BCUT2D eigenvalue weighted by molar-refractivity contribution is 5.92. The minimum absolute atomic E-state index is 0.0728. The average molecular weight is 323 g/mol. The zero-order valence-electron chi connectivity index (χ0n) is 14.0. The van der Waals surface area contributed by atoms with Crippen molar-refractivity contribution >= 4 is 22.6 Å². The number of carbonyl (C=O) groups is 1. The normalized spacial score (nSPS) is 10.9. The molecule has 0 saturated carbocycles. The molecule has 0 bridgehead atoms. The lowest BCUT2D eigenvalue weighted by Crippen LogP contribution is -2.21. The van der Waals surface area contributed by atoms with E-state index in [-0.39, 0.29) is 12.5 Å². The molecular weight excluding hydrogens is 302 g/mol. The fourth-order valence-corrected chi connectivity index (χ4v) is 2.83. The smallest absolute Gasteiger partial charge is 0.244 e. The Morgan fingerprint density at radius 2 is 1.92 bits per heavy atom. The molecule has 1 amide bonds. The molecule has 5 nitrogen and oxygen atoms in total. The number of methoxy groups -OCH3 is 1. The van der Waals surface area contributed by atoms with Gasteiger partial charge in [0.1, 0.15) is 19.0 Å². The average Bonchev–Trinajstić information content (AvgIpc) is 2.93. The molecule has 3 rings (SSSR count). The molecule has 0 radical (unpaired) electrons. The van der Waals surface area contributed by atoms with Crippen molar-refractivity contribution in [3.05, 3.63) is 59.9 Å². The van der Waals surface area contributed by atoms with Gasteiger partial charge in [0, 0.05) is 12.8 Å². The first-order valence-electron chi connectivity index (χ1n) is 8.03. The van der Waals surface area contributed by atoms with Crippen LogP contribution in [-0.4, -0.2) is 22.6 Å². The van der Waals surface area contributed by atoms with Crippen molar-refractivity contribution in [2.45, 2.75) is 26.5 Å². The Balaban J connectivity index is 1.86. The summed E-state index contributed by atoms with van der Waals surface area (Å²) in [5, 5.41) is 3.01. The maximum absolute atomic E-state index is 12.5. The van der Waals surface area contributed by atoms with Crippen LogP contribution >= 0.6 is 0 Å². The molecule has 2 aromatic carbocycles. The number of carbonyl (C=O) groups excluding carboxylic acids is 1. The molecule has 1 heterocycles. The first kappa shape index (κ1) is 16.2. The van der Waals surface area contributed by atoms with Crippen molar-refractivity contribution in [1.82, 2.24) is 9.55 Å². The molecule has 0 spiro atoms. The molecule has 0 unspecified atom stereocenters. The number of anilines is 1. The number of fused-ring (bicyclic) bond motifs is 1. The Labute approximate surface area is 141 Å². The summed E-state index contributed by atoms with van der Waals surface area (Å²) in [7, 11) is 1.63. The highest BCUT2D eigenvalue weighted by Gasteiger charge is 2.14. The number of nitrogens with one attached hydrogen (secondary N) is 1. The van der Waals surface area contributed by atoms with Crippen molar-refractivity contribution in [1.29, 1.82) is 0 Å². The maximum Gasteiger partial charge on any atom is 0.244 e. The number of nitrogens with zero attached hydrogens (tertiary/aromatic N) is 2. The molecule has 0 saturated heterocycles. The van der Waals surface area contributed by atoms with Gasteiger partial charge in [0.2, 0.25) is 5.91 Å². The fourth-order valence-electron chi connectivity index (χ4n) is 2.83. The van der Waals surface area contributed by atoms with Crippen molar-refractivity contribution in [2.75, 3.05) is 12.4 Å². The molecule has 124 valence electrons. The van der Waals surface area contributed by atoms with Gasteiger partial charge in [0.25, 0.3) is 0 Å². The summed E-state index contributed by atoms with van der Waals surface area (Å²) in [6.45, 7) is 2.65. The van der Waals surface area contributed by atoms with Crippen LogP contribution in [-0.2, 0) is 29.1 Å². The molecule has 1 N–H and O–H groups in total. The lowest BCUT2D eigenvalue weighted by Gasteiger charge is -2.12. The standard InChI is InChI=1S/C19H21N3O2/c1-3-14-8-4-5-9-15(14)21-19(23)12-22-17-11-7-6-10-16(17)20-18(22)13-24-2/h4-11H,3,12-13H2,1-2H3,(H,21,23). The number of para-hydroxylation sites is 3. The summed E-state index contributed by atoms with van der Waals surface area (Å²) >= 11 is 0. The monoisotopic (exact) mass is 323 g/mol. The van der Waals surface area contributed by atoms with Crippen molar-refractivity contribution < 1.29 is 9.53 Å². The number of amides is 1. The number of aromatic nitrogens is 2. The number of aryl methyl sites for hydroxylation is 1. The van der Waals surface area contributed by atoms with E-state index in [1.807, 2.05) is 53.1 Å². The second kappa shape index (κ2) is 7.27. The van der Waals surface area contributed by atoms with Gasteiger partial charge in [-0.3, -0.25) is 4.79 Å². The van der Waals surface area contributed by atoms with Crippen LogP contribution in [0.25, 0.3) is 11.0 Å². The number of benzene rings is 2. The summed E-state index contributed by atoms with van der Waals surface area (Å²) in [4.78, 5) is 17.1. The zero-order chi connectivity index (χ0) is 16.9. The highest BCUT2D eigenvalue weighted by Crippen LogP contribution is 2.18. The molecule has 0 aliphatic rings. The van der Waals surface area contributed by atoms with Gasteiger partial charge in [0.15, 0.2) is 0 Å². The number of imidazole rings is 1.